The van der Waals surface area contributed by atoms with E-state index in [2.05, 4.69) is 0 Å². The fourth-order valence-electron chi connectivity index (χ4n) is 1.79. The smallest absolute Gasteiger partial charge is 0.239 e. The lowest BCUT2D eigenvalue weighted by molar-refractivity contribution is -0.133. The third kappa shape index (κ3) is 2.42. The van der Waals surface area contributed by atoms with E-state index in [1.54, 1.807) is 19.0 Å². The van der Waals surface area contributed by atoms with Gasteiger partial charge in [-0.15, -0.1) is 0 Å². The summed E-state index contributed by atoms with van der Waals surface area (Å²) in [6.07, 6.45) is 1.93. The van der Waals surface area contributed by atoms with Gasteiger partial charge in [-0.25, -0.2) is 5.11 Å². The fourth-order valence-corrected chi connectivity index (χ4v) is 1.79. The summed E-state index contributed by atoms with van der Waals surface area (Å²) in [6.45, 7) is 1.29. The van der Waals surface area contributed by atoms with E-state index in [9.17, 15) is 9.90 Å². The molecule has 1 aliphatic rings. The maximum Gasteiger partial charge on any atom is 0.239 e. The number of amides is 1. The lowest BCUT2D eigenvalue weighted by atomic mass is 10.2. The molecule has 1 aliphatic heterocycles. The van der Waals surface area contributed by atoms with E-state index in [0.29, 0.717) is 6.54 Å². The van der Waals surface area contributed by atoms with Crippen LogP contribution in [0.15, 0.2) is 0 Å². The van der Waals surface area contributed by atoms with E-state index in [1.807, 2.05) is 4.90 Å². The van der Waals surface area contributed by atoms with Crippen molar-refractivity contribution in [3.05, 3.63) is 0 Å². The van der Waals surface area contributed by atoms with Gasteiger partial charge in [0.25, 0.3) is 0 Å². The van der Waals surface area contributed by atoms with Gasteiger partial charge in [-0.05, 0) is 19.4 Å². The van der Waals surface area contributed by atoms with Crippen LogP contribution >= 0.6 is 0 Å². The molecule has 4 nitrogen and oxygen atoms in total. The molecule has 1 fully saturated rings. The van der Waals surface area contributed by atoms with Crippen LogP contribution in [0, 0.1) is 0 Å². The summed E-state index contributed by atoms with van der Waals surface area (Å²) in [6, 6.07) is -0.0380. The molecular weight excluding hydrogens is 168 g/mol. The molecule has 0 aliphatic carbocycles. The standard InChI is InChI=1S/C9H17N2O2/c1-10(2)9(13)8-4-3-5-11(8)6-7-12/h8H,3-7H2,1-2H3. The Morgan fingerprint density at radius 1 is 1.54 bits per heavy atom. The third-order valence-electron chi connectivity index (χ3n) is 2.47. The summed E-state index contributed by atoms with van der Waals surface area (Å²) in [5, 5.41) is 10.5. The highest BCUT2D eigenvalue weighted by atomic mass is 16.3. The first-order valence-electron chi connectivity index (χ1n) is 4.70. The van der Waals surface area contributed by atoms with Gasteiger partial charge in [-0.1, -0.05) is 0 Å². The molecule has 1 atom stereocenters. The molecule has 13 heavy (non-hydrogen) atoms. The van der Waals surface area contributed by atoms with Crippen molar-refractivity contribution in [2.24, 2.45) is 0 Å². The molecule has 0 aromatic carbocycles. The summed E-state index contributed by atoms with van der Waals surface area (Å²) in [5.74, 6) is 0.131. The predicted molar refractivity (Wildman–Crippen MR) is 48.8 cm³/mol. The topological polar surface area (TPSA) is 43.5 Å². The average Bonchev–Trinajstić information content (AvgIpc) is 2.52. The molecule has 0 bridgehead atoms. The van der Waals surface area contributed by atoms with Crippen molar-refractivity contribution in [3.8, 4) is 0 Å². The van der Waals surface area contributed by atoms with Crippen LogP contribution < -0.4 is 0 Å². The van der Waals surface area contributed by atoms with Crippen molar-refractivity contribution < 1.29 is 9.90 Å². The Labute approximate surface area is 79.1 Å². The molecule has 1 heterocycles. The van der Waals surface area contributed by atoms with Crippen molar-refractivity contribution in [3.63, 3.8) is 0 Å². The minimum atomic E-state index is -0.114. The Balaban J connectivity index is 2.52. The van der Waals surface area contributed by atoms with E-state index < -0.39 is 0 Å². The van der Waals surface area contributed by atoms with Crippen LogP contribution in [-0.2, 0) is 9.90 Å². The number of rotatable bonds is 3. The summed E-state index contributed by atoms with van der Waals surface area (Å²) in [7, 11) is 3.52. The highest BCUT2D eigenvalue weighted by molar-refractivity contribution is 5.81. The first-order valence-corrected chi connectivity index (χ1v) is 4.70. The molecule has 1 radical (unpaired) electrons. The zero-order valence-electron chi connectivity index (χ0n) is 8.32. The summed E-state index contributed by atoms with van der Waals surface area (Å²) in [4.78, 5) is 15.2. The molecule has 1 unspecified atom stereocenters. The molecular formula is C9H17N2O2. The Morgan fingerprint density at radius 3 is 2.77 bits per heavy atom. The van der Waals surface area contributed by atoms with Gasteiger partial charge in [0.05, 0.1) is 12.6 Å². The molecule has 1 rings (SSSR count). The zero-order chi connectivity index (χ0) is 9.84. The van der Waals surface area contributed by atoms with Crippen LogP contribution in [0.5, 0.6) is 0 Å². The van der Waals surface area contributed by atoms with Crippen LogP contribution in [0.4, 0.5) is 0 Å². The monoisotopic (exact) mass is 185 g/mol. The van der Waals surface area contributed by atoms with E-state index in [0.717, 1.165) is 19.4 Å². The van der Waals surface area contributed by atoms with Gasteiger partial charge >= 0.3 is 0 Å². The lowest BCUT2D eigenvalue weighted by Gasteiger charge is -2.24. The van der Waals surface area contributed by atoms with E-state index in [4.69, 9.17) is 0 Å². The average molecular weight is 185 g/mol. The van der Waals surface area contributed by atoms with Crippen LogP contribution in [0.25, 0.3) is 0 Å². The quantitative estimate of drug-likeness (QED) is 0.619. The summed E-state index contributed by atoms with van der Waals surface area (Å²) in [5.41, 5.74) is 0. The van der Waals surface area contributed by atoms with Gasteiger partial charge in [0.15, 0.2) is 0 Å². The van der Waals surface area contributed by atoms with E-state index >= 15 is 0 Å². The molecule has 75 valence electrons. The molecule has 0 aromatic heterocycles. The molecule has 1 amide bonds. The second-order valence-corrected chi connectivity index (χ2v) is 3.63. The van der Waals surface area contributed by atoms with Crippen molar-refractivity contribution in [1.82, 2.24) is 9.80 Å². The van der Waals surface area contributed by atoms with Crippen LogP contribution in [0.3, 0.4) is 0 Å². The maximum absolute atomic E-state index is 11.6. The second-order valence-electron chi connectivity index (χ2n) is 3.63. The molecule has 4 heteroatoms. The number of likely N-dealkylation sites (N-methyl/N-ethyl adjacent to an activating group) is 1. The van der Waals surface area contributed by atoms with Gasteiger partial charge in [0, 0.05) is 20.6 Å². The molecule has 0 aromatic rings. The predicted octanol–water partition coefficient (Wildman–Crippen LogP) is -0.0305. The Bertz CT molecular complexity index is 182. The lowest BCUT2D eigenvalue weighted by Crippen LogP contribution is -2.43. The van der Waals surface area contributed by atoms with Crippen molar-refractivity contribution >= 4 is 5.91 Å². The number of nitrogens with zero attached hydrogens (tertiary/aromatic N) is 2. The van der Waals surface area contributed by atoms with Crippen LogP contribution in [0.2, 0.25) is 0 Å². The van der Waals surface area contributed by atoms with E-state index in [1.165, 1.54) is 0 Å². The van der Waals surface area contributed by atoms with Crippen molar-refractivity contribution in [2.75, 3.05) is 33.8 Å². The van der Waals surface area contributed by atoms with Gasteiger partial charge in [-0.3, -0.25) is 9.69 Å². The highest BCUT2D eigenvalue weighted by Crippen LogP contribution is 2.17. The number of carbonyl (C=O) groups is 1. The Hall–Kier alpha value is -0.610. The maximum atomic E-state index is 11.6. The van der Waals surface area contributed by atoms with Crippen molar-refractivity contribution in [2.45, 2.75) is 18.9 Å². The second kappa shape index (κ2) is 4.58. The van der Waals surface area contributed by atoms with Crippen molar-refractivity contribution in [1.29, 1.82) is 0 Å². The summed E-state index contributed by atoms with van der Waals surface area (Å²) >= 11 is 0. The molecule has 0 saturated carbocycles. The van der Waals surface area contributed by atoms with Gasteiger partial charge in [0.2, 0.25) is 5.91 Å². The summed E-state index contributed by atoms with van der Waals surface area (Å²) < 4.78 is 0. The number of hydrogen-bond acceptors (Lipinski definition) is 2. The molecule has 1 saturated heterocycles. The van der Waals surface area contributed by atoms with Gasteiger partial charge in [0.1, 0.15) is 0 Å². The SMILES string of the molecule is CN(C)C(=O)C1CCCN1CC[O]. The van der Waals surface area contributed by atoms with Crippen LogP contribution in [0.1, 0.15) is 12.8 Å². The Morgan fingerprint density at radius 2 is 2.23 bits per heavy atom. The number of likely N-dealkylation sites (tertiary alicyclic amines) is 1. The fraction of sp³-hybridized carbons (Fsp3) is 0.889. The van der Waals surface area contributed by atoms with E-state index in [-0.39, 0.29) is 18.6 Å². The highest BCUT2D eigenvalue weighted by Gasteiger charge is 2.30. The zero-order valence-corrected chi connectivity index (χ0v) is 8.32. The first kappa shape index (κ1) is 10.5. The van der Waals surface area contributed by atoms with Gasteiger partial charge in [-0.2, -0.15) is 0 Å². The third-order valence-corrected chi connectivity index (χ3v) is 2.47. The minimum Gasteiger partial charge on any atom is -0.347 e. The Kier molecular flexibility index (Phi) is 3.69. The largest absolute Gasteiger partial charge is 0.347 e. The van der Waals surface area contributed by atoms with Crippen LogP contribution in [-0.4, -0.2) is 55.5 Å². The normalized spacial score (nSPS) is 23.5. The number of hydrogen-bond donors (Lipinski definition) is 0. The first-order chi connectivity index (χ1) is 6.16. The minimum absolute atomic E-state index is 0.0380. The van der Waals surface area contributed by atoms with Gasteiger partial charge < -0.3 is 4.90 Å². The molecule has 0 spiro atoms. The number of carbonyl (C=O) groups excluding carboxylic acids is 1. The molecule has 0 N–H and O–H groups in total.